The van der Waals surface area contributed by atoms with Crippen molar-refractivity contribution in [2.75, 3.05) is 0 Å². The smallest absolute Gasteiger partial charge is 0.243 e. The minimum atomic E-state index is -0.390. The first-order chi connectivity index (χ1) is 9.58. The molecule has 0 heterocycles. The van der Waals surface area contributed by atoms with Gasteiger partial charge in [-0.1, -0.05) is 30.3 Å². The van der Waals surface area contributed by atoms with Crippen LogP contribution in [-0.2, 0) is 4.79 Å². The van der Waals surface area contributed by atoms with E-state index in [9.17, 15) is 10.0 Å². The van der Waals surface area contributed by atoms with Crippen LogP contribution in [-0.4, -0.2) is 16.2 Å². The van der Waals surface area contributed by atoms with Crippen LogP contribution in [0.3, 0.4) is 0 Å². The molecular formula is C16H17NO3. The van der Waals surface area contributed by atoms with Crippen LogP contribution in [0.1, 0.15) is 25.5 Å². The molecule has 104 valence electrons. The van der Waals surface area contributed by atoms with Gasteiger partial charge in [0.25, 0.3) is 0 Å². The second-order valence-electron chi connectivity index (χ2n) is 4.52. The number of carbonyl (C=O) groups excluding carboxylic acids is 1. The zero-order valence-electron chi connectivity index (χ0n) is 11.5. The monoisotopic (exact) mass is 271 g/mol. The van der Waals surface area contributed by atoms with Crippen LogP contribution in [0.4, 0.5) is 0 Å². The molecule has 1 N–H and O–H groups in total. The number of para-hydroxylation sites is 1. The average molecular weight is 271 g/mol. The van der Waals surface area contributed by atoms with Gasteiger partial charge in [0.15, 0.2) is 0 Å². The fraction of sp³-hybridized carbons (Fsp3) is 0.188. The molecule has 4 nitrogen and oxygen atoms in total. The van der Waals surface area contributed by atoms with Crippen LogP contribution in [0.5, 0.6) is 11.5 Å². The summed E-state index contributed by atoms with van der Waals surface area (Å²) in [4.78, 5) is 11.1. The van der Waals surface area contributed by atoms with Crippen LogP contribution in [0, 0.1) is 0 Å². The lowest BCUT2D eigenvalue weighted by Gasteiger charge is -2.21. The summed E-state index contributed by atoms with van der Waals surface area (Å²) in [6.45, 7) is 3.08. The number of hydroxylamine groups is 2. The molecule has 2 aromatic carbocycles. The minimum Gasteiger partial charge on any atom is -0.457 e. The lowest BCUT2D eigenvalue weighted by Crippen LogP contribution is -2.27. The Bertz CT molecular complexity index is 566. The molecule has 1 atom stereocenters. The molecule has 2 rings (SSSR count). The molecule has 20 heavy (non-hydrogen) atoms. The fourth-order valence-corrected chi connectivity index (χ4v) is 1.85. The summed E-state index contributed by atoms with van der Waals surface area (Å²) in [5.41, 5.74) is 0.836. The fourth-order valence-electron chi connectivity index (χ4n) is 1.85. The maximum absolute atomic E-state index is 11.1. The predicted octanol–water partition coefficient (Wildman–Crippen LogP) is 3.78. The molecule has 0 unspecified atom stereocenters. The quantitative estimate of drug-likeness (QED) is 0.680. The Morgan fingerprint density at radius 1 is 1.05 bits per heavy atom. The number of ether oxygens (including phenoxy) is 1. The second-order valence-corrected chi connectivity index (χ2v) is 4.52. The lowest BCUT2D eigenvalue weighted by atomic mass is 10.1. The van der Waals surface area contributed by atoms with E-state index in [-0.39, 0.29) is 5.91 Å². The maximum atomic E-state index is 11.1. The minimum absolute atomic E-state index is 0.387. The average Bonchev–Trinajstić information content (AvgIpc) is 2.47. The highest BCUT2D eigenvalue weighted by Crippen LogP contribution is 2.24. The van der Waals surface area contributed by atoms with E-state index < -0.39 is 6.04 Å². The van der Waals surface area contributed by atoms with Gasteiger partial charge in [0.05, 0.1) is 6.04 Å². The molecule has 0 fully saturated rings. The normalized spacial score (nSPS) is 11.8. The van der Waals surface area contributed by atoms with E-state index in [1.807, 2.05) is 54.6 Å². The molecule has 0 radical (unpaired) electrons. The summed E-state index contributed by atoms with van der Waals surface area (Å²) in [5, 5.41) is 10.3. The number of benzene rings is 2. The van der Waals surface area contributed by atoms with Gasteiger partial charge in [0, 0.05) is 6.92 Å². The van der Waals surface area contributed by atoms with E-state index in [1.54, 1.807) is 6.92 Å². The summed E-state index contributed by atoms with van der Waals surface area (Å²) < 4.78 is 5.68. The molecule has 1 amide bonds. The van der Waals surface area contributed by atoms with E-state index in [0.29, 0.717) is 10.8 Å². The molecule has 0 aliphatic heterocycles. The second kappa shape index (κ2) is 6.21. The largest absolute Gasteiger partial charge is 0.457 e. The summed E-state index contributed by atoms with van der Waals surface area (Å²) in [6, 6.07) is 16.4. The van der Waals surface area contributed by atoms with Gasteiger partial charge in [-0.25, -0.2) is 5.06 Å². The van der Waals surface area contributed by atoms with Crippen LogP contribution in [0.2, 0.25) is 0 Å². The predicted molar refractivity (Wildman–Crippen MR) is 75.7 cm³/mol. The third kappa shape index (κ3) is 3.36. The first-order valence-corrected chi connectivity index (χ1v) is 6.39. The standard InChI is InChI=1S/C16H17NO3/c1-12(17(19)13(2)18)14-8-10-16(11-9-14)20-15-6-4-3-5-7-15/h3-12,19H,1-2H3/t12-/m0/s1. The Labute approximate surface area is 118 Å². The highest BCUT2D eigenvalue weighted by Gasteiger charge is 2.16. The Kier molecular flexibility index (Phi) is 4.38. The molecule has 0 aromatic heterocycles. The van der Waals surface area contributed by atoms with Crippen LogP contribution >= 0.6 is 0 Å². The number of rotatable bonds is 4. The van der Waals surface area contributed by atoms with Gasteiger partial charge in [-0.05, 0) is 36.8 Å². The van der Waals surface area contributed by atoms with E-state index in [1.165, 1.54) is 6.92 Å². The molecular weight excluding hydrogens is 254 g/mol. The van der Waals surface area contributed by atoms with Crippen molar-refractivity contribution in [3.05, 3.63) is 60.2 Å². The third-order valence-electron chi connectivity index (χ3n) is 3.03. The summed E-state index contributed by atoms with van der Waals surface area (Å²) in [6.07, 6.45) is 0. The molecule has 0 bridgehead atoms. The third-order valence-corrected chi connectivity index (χ3v) is 3.03. The van der Waals surface area contributed by atoms with Gasteiger partial charge >= 0.3 is 0 Å². The van der Waals surface area contributed by atoms with Gasteiger partial charge in [-0.3, -0.25) is 10.0 Å². The first kappa shape index (κ1) is 14.1. The van der Waals surface area contributed by atoms with E-state index >= 15 is 0 Å². The van der Waals surface area contributed by atoms with Crippen molar-refractivity contribution >= 4 is 5.91 Å². The number of nitrogens with zero attached hydrogens (tertiary/aromatic N) is 1. The topological polar surface area (TPSA) is 49.8 Å². The molecule has 0 saturated carbocycles. The van der Waals surface area contributed by atoms with Crippen molar-refractivity contribution in [2.24, 2.45) is 0 Å². The molecule has 4 heteroatoms. The van der Waals surface area contributed by atoms with Crippen LogP contribution < -0.4 is 4.74 Å². The Hall–Kier alpha value is -2.33. The SMILES string of the molecule is CC(=O)N(O)[C@@H](C)c1ccc(Oc2ccccc2)cc1. The molecule has 2 aromatic rings. The number of carbonyl (C=O) groups is 1. The maximum Gasteiger partial charge on any atom is 0.243 e. The molecule has 0 aliphatic carbocycles. The Morgan fingerprint density at radius 3 is 2.15 bits per heavy atom. The highest BCUT2D eigenvalue weighted by atomic mass is 16.5. The Morgan fingerprint density at radius 2 is 1.60 bits per heavy atom. The van der Waals surface area contributed by atoms with Crippen molar-refractivity contribution in [3.63, 3.8) is 0 Å². The highest BCUT2D eigenvalue weighted by molar-refractivity contribution is 5.72. The van der Waals surface area contributed by atoms with Crippen LogP contribution in [0.15, 0.2) is 54.6 Å². The number of amides is 1. The molecule has 0 aliphatic rings. The molecule has 0 spiro atoms. The first-order valence-electron chi connectivity index (χ1n) is 6.39. The summed E-state index contributed by atoms with van der Waals surface area (Å²) in [5.74, 6) is 1.09. The van der Waals surface area contributed by atoms with Crippen molar-refractivity contribution in [2.45, 2.75) is 19.9 Å². The van der Waals surface area contributed by atoms with Gasteiger partial charge in [-0.2, -0.15) is 0 Å². The van der Waals surface area contributed by atoms with Gasteiger partial charge < -0.3 is 4.74 Å². The number of hydrogen-bond acceptors (Lipinski definition) is 3. The van der Waals surface area contributed by atoms with E-state index in [0.717, 1.165) is 11.3 Å². The zero-order chi connectivity index (χ0) is 14.5. The van der Waals surface area contributed by atoms with E-state index in [4.69, 9.17) is 4.74 Å². The lowest BCUT2D eigenvalue weighted by molar-refractivity contribution is -0.172. The van der Waals surface area contributed by atoms with Crippen molar-refractivity contribution < 1.29 is 14.7 Å². The van der Waals surface area contributed by atoms with Gasteiger partial charge in [0.2, 0.25) is 5.91 Å². The molecule has 0 saturated heterocycles. The van der Waals surface area contributed by atoms with Gasteiger partial charge in [0.1, 0.15) is 11.5 Å². The van der Waals surface area contributed by atoms with Crippen LogP contribution in [0.25, 0.3) is 0 Å². The van der Waals surface area contributed by atoms with Crippen molar-refractivity contribution in [1.29, 1.82) is 0 Å². The zero-order valence-corrected chi connectivity index (χ0v) is 11.5. The van der Waals surface area contributed by atoms with Crippen molar-refractivity contribution in [3.8, 4) is 11.5 Å². The van der Waals surface area contributed by atoms with Crippen molar-refractivity contribution in [1.82, 2.24) is 5.06 Å². The number of hydrogen-bond donors (Lipinski definition) is 1. The summed E-state index contributed by atoms with van der Waals surface area (Å²) in [7, 11) is 0. The summed E-state index contributed by atoms with van der Waals surface area (Å²) >= 11 is 0. The van der Waals surface area contributed by atoms with Gasteiger partial charge in [-0.15, -0.1) is 0 Å². The Balaban J connectivity index is 2.08. The van der Waals surface area contributed by atoms with E-state index in [2.05, 4.69) is 0 Å².